The second kappa shape index (κ2) is 6.57. The highest BCUT2D eigenvalue weighted by Gasteiger charge is 2.35. The molecule has 4 nitrogen and oxygen atoms in total. The van der Waals surface area contributed by atoms with Crippen LogP contribution in [0.25, 0.3) is 0 Å². The molecule has 0 spiro atoms. The number of carbonyl (C=O) groups excluding carboxylic acids is 2. The van der Waals surface area contributed by atoms with E-state index in [-0.39, 0.29) is 11.8 Å². The van der Waals surface area contributed by atoms with Gasteiger partial charge in [-0.05, 0) is 44.5 Å². The number of halogens is 1. The number of carbonyl (C=O) groups is 2. The van der Waals surface area contributed by atoms with Crippen LogP contribution in [0.2, 0.25) is 5.02 Å². The Morgan fingerprint density at radius 1 is 1.16 bits per heavy atom. The van der Waals surface area contributed by atoms with E-state index >= 15 is 0 Å². The van der Waals surface area contributed by atoms with Gasteiger partial charge in [0.2, 0.25) is 11.8 Å². The molecule has 0 saturated carbocycles. The van der Waals surface area contributed by atoms with E-state index in [1.165, 1.54) is 0 Å². The van der Waals surface area contributed by atoms with Crippen molar-refractivity contribution in [3.63, 3.8) is 0 Å². The maximum Gasteiger partial charge on any atom is 0.239 e. The third kappa shape index (κ3) is 4.24. The minimum atomic E-state index is -1.12. The zero-order valence-corrected chi connectivity index (χ0v) is 12.2. The van der Waals surface area contributed by atoms with E-state index in [1.54, 1.807) is 38.1 Å². The summed E-state index contributed by atoms with van der Waals surface area (Å²) in [4.78, 5) is 24.0. The van der Waals surface area contributed by atoms with Crippen LogP contribution in [-0.4, -0.2) is 18.4 Å². The summed E-state index contributed by atoms with van der Waals surface area (Å²) >= 11 is 5.77. The largest absolute Gasteiger partial charge is 0.355 e. The highest BCUT2D eigenvalue weighted by molar-refractivity contribution is 6.30. The second-order valence-corrected chi connectivity index (χ2v) is 5.28. The summed E-state index contributed by atoms with van der Waals surface area (Å²) in [5.74, 6) is -0.621. The van der Waals surface area contributed by atoms with Gasteiger partial charge < -0.3 is 10.6 Å². The molecule has 5 heteroatoms. The number of hydrogen-bond donors (Lipinski definition) is 2. The molecule has 0 heterocycles. The highest BCUT2D eigenvalue weighted by Crippen LogP contribution is 2.20. The van der Waals surface area contributed by atoms with Crippen LogP contribution in [0.4, 0.5) is 5.69 Å². The first-order valence-corrected chi connectivity index (χ1v) is 6.61. The molecular formula is C14H19ClN2O2. The van der Waals surface area contributed by atoms with Crippen LogP contribution in [0.1, 0.15) is 27.2 Å². The molecule has 0 atom stereocenters. The highest BCUT2D eigenvalue weighted by atomic mass is 35.5. The number of benzene rings is 1. The first-order chi connectivity index (χ1) is 8.87. The average Bonchev–Trinajstić information content (AvgIpc) is 2.38. The van der Waals surface area contributed by atoms with Gasteiger partial charge in [-0.25, -0.2) is 0 Å². The third-order valence-electron chi connectivity index (χ3n) is 2.77. The van der Waals surface area contributed by atoms with Gasteiger partial charge in [0.25, 0.3) is 0 Å². The maximum atomic E-state index is 12.1. The summed E-state index contributed by atoms with van der Waals surface area (Å²) in [6.07, 6.45) is 0.834. The fraction of sp³-hybridized carbons (Fsp3) is 0.429. The predicted octanol–water partition coefficient (Wildman–Crippen LogP) is 2.83. The van der Waals surface area contributed by atoms with E-state index in [1.807, 2.05) is 6.92 Å². The molecule has 0 bridgehead atoms. The first kappa shape index (κ1) is 15.5. The smallest absolute Gasteiger partial charge is 0.239 e. The Bertz CT molecular complexity index is 455. The number of anilines is 1. The van der Waals surface area contributed by atoms with E-state index in [0.717, 1.165) is 6.42 Å². The predicted molar refractivity (Wildman–Crippen MR) is 77.2 cm³/mol. The van der Waals surface area contributed by atoms with Gasteiger partial charge in [0.05, 0.1) is 0 Å². The Labute approximate surface area is 118 Å². The fourth-order valence-corrected chi connectivity index (χ4v) is 1.51. The summed E-state index contributed by atoms with van der Waals surface area (Å²) in [6.45, 7) is 5.73. The van der Waals surface area contributed by atoms with Gasteiger partial charge in [-0.2, -0.15) is 0 Å². The van der Waals surface area contributed by atoms with Crippen molar-refractivity contribution in [2.24, 2.45) is 5.41 Å². The molecule has 1 rings (SSSR count). The normalized spacial score (nSPS) is 10.9. The van der Waals surface area contributed by atoms with Crippen molar-refractivity contribution in [2.75, 3.05) is 11.9 Å². The summed E-state index contributed by atoms with van der Waals surface area (Å²) < 4.78 is 0. The van der Waals surface area contributed by atoms with E-state index in [9.17, 15) is 9.59 Å². The Kier molecular flexibility index (Phi) is 5.36. The van der Waals surface area contributed by atoms with Gasteiger partial charge in [-0.15, -0.1) is 0 Å². The minimum absolute atomic E-state index is 0.277. The topological polar surface area (TPSA) is 58.2 Å². The lowest BCUT2D eigenvalue weighted by atomic mass is 9.91. The minimum Gasteiger partial charge on any atom is -0.355 e. The lowest BCUT2D eigenvalue weighted by Crippen LogP contribution is -2.45. The van der Waals surface area contributed by atoms with Gasteiger partial charge in [0.15, 0.2) is 0 Å². The molecule has 2 N–H and O–H groups in total. The standard InChI is InChI=1S/C14H19ClN2O2/c1-4-9-16-12(18)14(2,3)13(19)17-11-7-5-10(15)6-8-11/h5-8H,4,9H2,1-3H3,(H,16,18)(H,17,19). The molecule has 0 unspecified atom stereocenters. The van der Waals surface area contributed by atoms with Gasteiger partial charge in [-0.1, -0.05) is 18.5 Å². The molecule has 104 valence electrons. The van der Waals surface area contributed by atoms with E-state index in [2.05, 4.69) is 10.6 Å². The SMILES string of the molecule is CCCNC(=O)C(C)(C)C(=O)Nc1ccc(Cl)cc1. The monoisotopic (exact) mass is 282 g/mol. The first-order valence-electron chi connectivity index (χ1n) is 6.23. The summed E-state index contributed by atoms with van der Waals surface area (Å²) in [7, 11) is 0. The zero-order valence-electron chi connectivity index (χ0n) is 11.4. The third-order valence-corrected chi connectivity index (χ3v) is 3.02. The number of nitrogens with one attached hydrogen (secondary N) is 2. The van der Waals surface area contributed by atoms with E-state index in [0.29, 0.717) is 17.3 Å². The molecule has 0 fully saturated rings. The summed E-state index contributed by atoms with van der Waals surface area (Å²) in [5, 5.41) is 6.03. The summed E-state index contributed by atoms with van der Waals surface area (Å²) in [6, 6.07) is 6.75. The molecule has 1 aromatic rings. The van der Waals surface area contributed by atoms with Crippen molar-refractivity contribution in [1.29, 1.82) is 0 Å². The zero-order chi connectivity index (χ0) is 14.5. The quantitative estimate of drug-likeness (QED) is 0.816. The molecule has 0 radical (unpaired) electrons. The molecule has 0 aliphatic heterocycles. The molecule has 0 aromatic heterocycles. The van der Waals surface area contributed by atoms with Crippen molar-refractivity contribution < 1.29 is 9.59 Å². The molecule has 2 amide bonds. The molecule has 19 heavy (non-hydrogen) atoms. The molecular weight excluding hydrogens is 264 g/mol. The van der Waals surface area contributed by atoms with Crippen molar-refractivity contribution in [3.05, 3.63) is 29.3 Å². The van der Waals surface area contributed by atoms with Gasteiger partial charge in [0, 0.05) is 17.3 Å². The van der Waals surface area contributed by atoms with Crippen molar-refractivity contribution in [2.45, 2.75) is 27.2 Å². The van der Waals surface area contributed by atoms with E-state index < -0.39 is 5.41 Å². The molecule has 0 saturated heterocycles. The van der Waals surface area contributed by atoms with Crippen LogP contribution < -0.4 is 10.6 Å². The molecule has 1 aromatic carbocycles. The van der Waals surface area contributed by atoms with Crippen LogP contribution in [0.3, 0.4) is 0 Å². The number of amides is 2. The van der Waals surface area contributed by atoms with Crippen molar-refractivity contribution in [3.8, 4) is 0 Å². The Morgan fingerprint density at radius 3 is 2.26 bits per heavy atom. The van der Waals surface area contributed by atoms with Crippen molar-refractivity contribution >= 4 is 29.1 Å². The van der Waals surface area contributed by atoms with Crippen LogP contribution in [0, 0.1) is 5.41 Å². The number of hydrogen-bond acceptors (Lipinski definition) is 2. The van der Waals surface area contributed by atoms with Crippen LogP contribution in [0.15, 0.2) is 24.3 Å². The van der Waals surface area contributed by atoms with Crippen LogP contribution >= 0.6 is 11.6 Å². The Balaban J connectivity index is 2.70. The molecule has 0 aliphatic rings. The summed E-state index contributed by atoms with van der Waals surface area (Å²) in [5.41, 5.74) is -0.500. The van der Waals surface area contributed by atoms with Crippen molar-refractivity contribution in [1.82, 2.24) is 5.32 Å². The van der Waals surface area contributed by atoms with Gasteiger partial charge in [-0.3, -0.25) is 9.59 Å². The molecule has 0 aliphatic carbocycles. The average molecular weight is 283 g/mol. The lowest BCUT2D eigenvalue weighted by Gasteiger charge is -2.22. The Morgan fingerprint density at radius 2 is 1.74 bits per heavy atom. The lowest BCUT2D eigenvalue weighted by molar-refractivity contribution is -0.138. The fourth-order valence-electron chi connectivity index (χ4n) is 1.38. The Hall–Kier alpha value is -1.55. The van der Waals surface area contributed by atoms with Crippen LogP contribution in [0.5, 0.6) is 0 Å². The number of rotatable bonds is 5. The van der Waals surface area contributed by atoms with Crippen LogP contribution in [-0.2, 0) is 9.59 Å². The van der Waals surface area contributed by atoms with E-state index in [4.69, 9.17) is 11.6 Å². The maximum absolute atomic E-state index is 12.1. The van der Waals surface area contributed by atoms with Gasteiger partial charge in [0.1, 0.15) is 5.41 Å². The van der Waals surface area contributed by atoms with Gasteiger partial charge >= 0.3 is 0 Å². The second-order valence-electron chi connectivity index (χ2n) is 4.84.